The van der Waals surface area contributed by atoms with E-state index in [-0.39, 0.29) is 12.5 Å². The highest BCUT2D eigenvalue weighted by atomic mass is 16.5. The first-order valence-corrected chi connectivity index (χ1v) is 5.96. The van der Waals surface area contributed by atoms with Crippen LogP contribution in [0.15, 0.2) is 18.2 Å². The number of hydrogen-bond donors (Lipinski definition) is 2. The Hall–Kier alpha value is -1.79. The van der Waals surface area contributed by atoms with E-state index in [1.54, 1.807) is 32.4 Å². The average Bonchev–Trinajstić information content (AvgIpc) is 2.38. The quantitative estimate of drug-likeness (QED) is 0.816. The predicted molar refractivity (Wildman–Crippen MR) is 70.5 cm³/mol. The maximum Gasteiger partial charge on any atom is 0.236 e. The summed E-state index contributed by atoms with van der Waals surface area (Å²) in [5.41, 5.74) is 5.68. The molecular formula is C13H18N2O4. The molecule has 6 heteroatoms. The standard InChI is InChI=1S/C13H18N2O4/c1-17-10-4-3-9(5-11(10)18-2)15-12(16)13(6-14)7-19-8-13/h3-5H,6-8,14H2,1-2H3,(H,15,16). The van der Waals surface area contributed by atoms with E-state index in [9.17, 15) is 4.79 Å². The summed E-state index contributed by atoms with van der Waals surface area (Å²) in [6.07, 6.45) is 0. The SMILES string of the molecule is COc1ccc(NC(=O)C2(CN)COC2)cc1OC. The third-order valence-electron chi connectivity index (χ3n) is 3.27. The van der Waals surface area contributed by atoms with Crippen LogP contribution in [0.1, 0.15) is 0 Å². The van der Waals surface area contributed by atoms with Crippen molar-refractivity contribution in [1.82, 2.24) is 0 Å². The zero-order valence-electron chi connectivity index (χ0n) is 11.1. The molecule has 0 saturated carbocycles. The molecule has 104 valence electrons. The molecule has 6 nitrogen and oxygen atoms in total. The van der Waals surface area contributed by atoms with Gasteiger partial charge in [-0.2, -0.15) is 0 Å². The molecule has 0 aromatic heterocycles. The minimum atomic E-state index is -0.604. The number of benzene rings is 1. The maximum absolute atomic E-state index is 12.2. The lowest BCUT2D eigenvalue weighted by Gasteiger charge is -2.38. The molecule has 1 fully saturated rings. The number of nitrogens with two attached hydrogens (primary N) is 1. The Morgan fingerprint density at radius 3 is 2.53 bits per heavy atom. The van der Waals surface area contributed by atoms with Crippen molar-refractivity contribution in [3.8, 4) is 11.5 Å². The highest BCUT2D eigenvalue weighted by molar-refractivity contribution is 5.96. The van der Waals surface area contributed by atoms with E-state index < -0.39 is 5.41 Å². The van der Waals surface area contributed by atoms with Gasteiger partial charge in [0.05, 0.1) is 27.4 Å². The number of amides is 1. The van der Waals surface area contributed by atoms with Crippen molar-refractivity contribution in [1.29, 1.82) is 0 Å². The first-order chi connectivity index (χ1) is 9.15. The van der Waals surface area contributed by atoms with Crippen molar-refractivity contribution in [2.75, 3.05) is 39.3 Å². The molecule has 19 heavy (non-hydrogen) atoms. The topological polar surface area (TPSA) is 82.8 Å². The van der Waals surface area contributed by atoms with Gasteiger partial charge in [-0.15, -0.1) is 0 Å². The molecule has 0 spiro atoms. The van der Waals surface area contributed by atoms with Crippen molar-refractivity contribution >= 4 is 11.6 Å². The van der Waals surface area contributed by atoms with E-state index in [0.29, 0.717) is 30.4 Å². The number of ether oxygens (including phenoxy) is 3. The van der Waals surface area contributed by atoms with Crippen LogP contribution in [0.5, 0.6) is 11.5 Å². The van der Waals surface area contributed by atoms with E-state index >= 15 is 0 Å². The van der Waals surface area contributed by atoms with E-state index in [1.165, 1.54) is 0 Å². The number of methoxy groups -OCH3 is 2. The summed E-state index contributed by atoms with van der Waals surface area (Å²) in [7, 11) is 3.11. The molecule has 0 bridgehead atoms. The van der Waals surface area contributed by atoms with Gasteiger partial charge in [0.15, 0.2) is 11.5 Å². The Morgan fingerprint density at radius 2 is 2.05 bits per heavy atom. The fourth-order valence-electron chi connectivity index (χ4n) is 1.87. The average molecular weight is 266 g/mol. The van der Waals surface area contributed by atoms with E-state index in [4.69, 9.17) is 19.9 Å². The summed E-state index contributed by atoms with van der Waals surface area (Å²) in [5, 5.41) is 2.83. The second-order valence-corrected chi connectivity index (χ2v) is 4.50. The Kier molecular flexibility index (Phi) is 3.92. The number of carbonyl (C=O) groups excluding carboxylic acids is 1. The normalized spacial score (nSPS) is 16.4. The Bertz CT molecular complexity index is 466. The highest BCUT2D eigenvalue weighted by Crippen LogP contribution is 2.32. The van der Waals surface area contributed by atoms with Crippen molar-refractivity contribution in [2.24, 2.45) is 11.1 Å². The summed E-state index contributed by atoms with van der Waals surface area (Å²) in [5.74, 6) is 1.04. The molecule has 2 rings (SSSR count). The molecule has 0 aliphatic carbocycles. The van der Waals surface area contributed by atoms with Crippen LogP contribution in [0.25, 0.3) is 0 Å². The van der Waals surface area contributed by atoms with E-state index in [1.807, 2.05) is 0 Å². The monoisotopic (exact) mass is 266 g/mol. The van der Waals surface area contributed by atoms with Crippen LogP contribution >= 0.6 is 0 Å². The lowest BCUT2D eigenvalue weighted by Crippen LogP contribution is -2.56. The molecular weight excluding hydrogens is 248 g/mol. The molecule has 1 heterocycles. The summed E-state index contributed by atoms with van der Waals surface area (Å²) in [6, 6.07) is 5.20. The van der Waals surface area contributed by atoms with E-state index in [2.05, 4.69) is 5.32 Å². The number of rotatable bonds is 5. The van der Waals surface area contributed by atoms with Gasteiger partial charge in [0.25, 0.3) is 0 Å². The second kappa shape index (κ2) is 5.46. The van der Waals surface area contributed by atoms with E-state index in [0.717, 1.165) is 0 Å². The Labute approximate surface area is 111 Å². The number of anilines is 1. The molecule has 0 radical (unpaired) electrons. The molecule has 1 amide bonds. The molecule has 1 aromatic rings. The van der Waals surface area contributed by atoms with Gasteiger partial charge in [-0.3, -0.25) is 4.79 Å². The van der Waals surface area contributed by atoms with Gasteiger partial charge in [0.2, 0.25) is 5.91 Å². The van der Waals surface area contributed by atoms with Crippen molar-refractivity contribution < 1.29 is 19.0 Å². The third-order valence-corrected chi connectivity index (χ3v) is 3.27. The van der Waals surface area contributed by atoms with Crippen LogP contribution in [0, 0.1) is 5.41 Å². The first-order valence-electron chi connectivity index (χ1n) is 5.96. The number of carbonyl (C=O) groups is 1. The third kappa shape index (κ3) is 2.50. The minimum absolute atomic E-state index is 0.131. The van der Waals surface area contributed by atoms with Gasteiger partial charge in [0.1, 0.15) is 5.41 Å². The molecule has 0 atom stereocenters. The van der Waals surface area contributed by atoms with Crippen molar-refractivity contribution in [3.05, 3.63) is 18.2 Å². The smallest absolute Gasteiger partial charge is 0.236 e. The fourth-order valence-corrected chi connectivity index (χ4v) is 1.87. The zero-order chi connectivity index (χ0) is 13.9. The van der Waals surface area contributed by atoms with Gasteiger partial charge in [-0.1, -0.05) is 0 Å². The van der Waals surface area contributed by atoms with Crippen LogP contribution in [0.4, 0.5) is 5.69 Å². The summed E-state index contributed by atoms with van der Waals surface area (Å²) in [4.78, 5) is 12.2. The first kappa shape index (κ1) is 13.6. The predicted octanol–water partition coefficient (Wildman–Crippen LogP) is 0.618. The van der Waals surface area contributed by atoms with Gasteiger partial charge in [-0.05, 0) is 12.1 Å². The Morgan fingerprint density at radius 1 is 1.37 bits per heavy atom. The van der Waals surface area contributed by atoms with Gasteiger partial charge >= 0.3 is 0 Å². The lowest BCUT2D eigenvalue weighted by atomic mass is 9.85. The summed E-state index contributed by atoms with van der Waals surface area (Å²) in [6.45, 7) is 0.997. The Balaban J connectivity index is 2.13. The van der Waals surface area contributed by atoms with Gasteiger partial charge < -0.3 is 25.3 Å². The lowest BCUT2D eigenvalue weighted by molar-refractivity contribution is -0.153. The largest absolute Gasteiger partial charge is 0.493 e. The summed E-state index contributed by atoms with van der Waals surface area (Å²) < 4.78 is 15.4. The summed E-state index contributed by atoms with van der Waals surface area (Å²) >= 11 is 0. The fraction of sp³-hybridized carbons (Fsp3) is 0.462. The molecule has 1 aromatic carbocycles. The van der Waals surface area contributed by atoms with Crippen molar-refractivity contribution in [2.45, 2.75) is 0 Å². The van der Waals surface area contributed by atoms with Crippen LogP contribution in [-0.2, 0) is 9.53 Å². The van der Waals surface area contributed by atoms with Crippen LogP contribution in [0.2, 0.25) is 0 Å². The zero-order valence-corrected chi connectivity index (χ0v) is 11.1. The van der Waals surface area contributed by atoms with Gasteiger partial charge in [0, 0.05) is 18.3 Å². The van der Waals surface area contributed by atoms with Gasteiger partial charge in [-0.25, -0.2) is 0 Å². The van der Waals surface area contributed by atoms with Crippen LogP contribution in [-0.4, -0.2) is 39.9 Å². The molecule has 3 N–H and O–H groups in total. The minimum Gasteiger partial charge on any atom is -0.493 e. The maximum atomic E-state index is 12.2. The molecule has 1 aliphatic rings. The van der Waals surface area contributed by atoms with Crippen LogP contribution in [0.3, 0.4) is 0 Å². The second-order valence-electron chi connectivity index (χ2n) is 4.50. The molecule has 1 aliphatic heterocycles. The number of nitrogens with one attached hydrogen (secondary N) is 1. The number of hydrogen-bond acceptors (Lipinski definition) is 5. The molecule has 1 saturated heterocycles. The highest BCUT2D eigenvalue weighted by Gasteiger charge is 2.44. The van der Waals surface area contributed by atoms with Crippen molar-refractivity contribution in [3.63, 3.8) is 0 Å². The molecule has 0 unspecified atom stereocenters. The van der Waals surface area contributed by atoms with Crippen LogP contribution < -0.4 is 20.5 Å².